The van der Waals surface area contributed by atoms with Crippen molar-refractivity contribution < 1.29 is 19.0 Å². The van der Waals surface area contributed by atoms with Gasteiger partial charge < -0.3 is 24.0 Å². The normalized spacial score (nSPS) is 19.1. The molecule has 0 aliphatic carbocycles. The molecule has 2 unspecified atom stereocenters. The van der Waals surface area contributed by atoms with Gasteiger partial charge in [0.05, 0.1) is 6.20 Å². The predicted octanol–water partition coefficient (Wildman–Crippen LogP) is 8.02. The first-order valence-electron chi connectivity index (χ1n) is 19.4. The molecular weight excluding hydrogens is 715 g/mol. The fourth-order valence-corrected chi connectivity index (χ4v) is 8.73. The molecule has 4 aromatic rings. The van der Waals surface area contributed by atoms with Gasteiger partial charge in [0.1, 0.15) is 30.7 Å². The number of carbonyl (C=O) groups is 1. The molecule has 0 radical (unpaired) electrons. The van der Waals surface area contributed by atoms with Crippen LogP contribution in [0.5, 0.6) is 0 Å². The number of anilines is 1. The van der Waals surface area contributed by atoms with Crippen LogP contribution in [0.4, 0.5) is 10.6 Å². The third-order valence-corrected chi connectivity index (χ3v) is 13.6. The van der Waals surface area contributed by atoms with Crippen LogP contribution in [0.25, 0.3) is 22.6 Å². The van der Waals surface area contributed by atoms with Crippen LogP contribution >= 0.6 is 0 Å². The van der Waals surface area contributed by atoms with E-state index < -0.39 is 21.7 Å². The van der Waals surface area contributed by atoms with Gasteiger partial charge in [-0.25, -0.2) is 14.8 Å². The number of rotatable bonds is 14. The number of aromatic nitrogens is 5. The summed E-state index contributed by atoms with van der Waals surface area (Å²) in [4.78, 5) is 40.0. The summed E-state index contributed by atoms with van der Waals surface area (Å²) in [7, 11) is -2.59. The standard InChI is InChI=1S/C40H59N7O5Si2/c1-40(2,3)52-39(49)46-31-14-15-32(46)23-30(22-31)34-24-36(44(27-50-18-20-53(4,5)6)28-51-19-21-54(7,8)9)47-38(43-34)33(26-42-47)29-13-16-35(41-25-29)45-17-11-10-12-37(45)48/h10-13,16-17,24-26,30-32H,14-15,18-23,27-28H2,1-9H3. The first kappa shape index (κ1) is 39.8. The minimum Gasteiger partial charge on any atom is -0.444 e. The summed E-state index contributed by atoms with van der Waals surface area (Å²) in [6, 6.07) is 13.3. The van der Waals surface area contributed by atoms with Crippen LogP contribution in [0, 0.1) is 0 Å². The van der Waals surface area contributed by atoms with E-state index in [1.165, 1.54) is 10.6 Å². The molecule has 6 heterocycles. The molecule has 2 bridgehead atoms. The van der Waals surface area contributed by atoms with Crippen LogP contribution < -0.4 is 10.5 Å². The van der Waals surface area contributed by atoms with Gasteiger partial charge in [-0.1, -0.05) is 45.3 Å². The minimum absolute atomic E-state index is 0.0958. The highest BCUT2D eigenvalue weighted by Gasteiger charge is 2.45. The molecule has 12 nitrogen and oxygen atoms in total. The number of amides is 1. The van der Waals surface area contributed by atoms with Gasteiger partial charge in [-0.3, -0.25) is 9.36 Å². The maximum absolute atomic E-state index is 13.3. The Morgan fingerprint density at radius 2 is 1.56 bits per heavy atom. The van der Waals surface area contributed by atoms with Gasteiger partial charge in [0.2, 0.25) is 0 Å². The zero-order chi connectivity index (χ0) is 38.8. The van der Waals surface area contributed by atoms with E-state index in [1.54, 1.807) is 18.5 Å². The van der Waals surface area contributed by atoms with E-state index in [1.807, 2.05) is 54.6 Å². The lowest BCUT2D eigenvalue weighted by molar-refractivity contribution is 0.00569. The molecule has 2 aliphatic heterocycles. The Kier molecular flexibility index (Phi) is 11.9. The Morgan fingerprint density at radius 3 is 2.11 bits per heavy atom. The lowest BCUT2D eigenvalue weighted by Gasteiger charge is -2.39. The molecule has 2 fully saturated rings. The van der Waals surface area contributed by atoms with E-state index in [0.717, 1.165) is 60.4 Å². The topological polar surface area (TPSA) is 116 Å². The van der Waals surface area contributed by atoms with Crippen molar-refractivity contribution in [1.82, 2.24) is 29.0 Å². The van der Waals surface area contributed by atoms with E-state index in [9.17, 15) is 9.59 Å². The van der Waals surface area contributed by atoms with Gasteiger partial charge >= 0.3 is 6.09 Å². The zero-order valence-corrected chi connectivity index (χ0v) is 35.7. The molecule has 2 aliphatic rings. The SMILES string of the molecule is CC(C)(C)OC(=O)N1C2CCC1CC(c1cc(N(COCC[Si](C)(C)C)COCC[Si](C)(C)C)n3ncc(-c4ccc(-n5ccccc5=O)nc4)c3n1)C2. The van der Waals surface area contributed by atoms with Gasteiger partial charge in [-0.2, -0.15) is 9.61 Å². The molecule has 0 aromatic carbocycles. The predicted molar refractivity (Wildman–Crippen MR) is 219 cm³/mol. The van der Waals surface area contributed by atoms with Crippen molar-refractivity contribution >= 4 is 33.7 Å². The maximum Gasteiger partial charge on any atom is 0.410 e. The van der Waals surface area contributed by atoms with Gasteiger partial charge in [0, 0.05) is 88.7 Å². The number of hydrogen-bond acceptors (Lipinski definition) is 9. The summed E-state index contributed by atoms with van der Waals surface area (Å²) in [5, 5.41) is 4.91. The smallest absolute Gasteiger partial charge is 0.410 e. The number of piperidine rings is 1. The molecule has 14 heteroatoms. The summed E-state index contributed by atoms with van der Waals surface area (Å²) < 4.78 is 22.0. The van der Waals surface area contributed by atoms with Crippen molar-refractivity contribution in [1.29, 1.82) is 0 Å². The van der Waals surface area contributed by atoms with E-state index in [0.29, 0.717) is 38.1 Å². The second kappa shape index (κ2) is 16.1. The van der Waals surface area contributed by atoms with E-state index in [2.05, 4.69) is 55.2 Å². The quantitative estimate of drug-likeness (QED) is 0.0714. The minimum atomic E-state index is -1.29. The number of ether oxygens (including phenoxy) is 3. The lowest BCUT2D eigenvalue weighted by atomic mass is 9.88. The van der Waals surface area contributed by atoms with E-state index in [4.69, 9.17) is 24.3 Å². The maximum atomic E-state index is 13.3. The monoisotopic (exact) mass is 773 g/mol. The number of pyridine rings is 2. The number of nitrogens with zero attached hydrogens (tertiary/aromatic N) is 7. The highest BCUT2D eigenvalue weighted by atomic mass is 28.3. The first-order chi connectivity index (χ1) is 25.5. The summed E-state index contributed by atoms with van der Waals surface area (Å²) >= 11 is 0. The summed E-state index contributed by atoms with van der Waals surface area (Å²) in [6.45, 7) is 22.0. The summed E-state index contributed by atoms with van der Waals surface area (Å²) in [5.41, 5.74) is 2.67. The average molecular weight is 774 g/mol. The molecule has 2 atom stereocenters. The van der Waals surface area contributed by atoms with Crippen molar-refractivity contribution in [3.63, 3.8) is 0 Å². The highest BCUT2D eigenvalue weighted by molar-refractivity contribution is 6.76. The largest absolute Gasteiger partial charge is 0.444 e. The Bertz CT molecular complexity index is 1930. The van der Waals surface area contributed by atoms with Crippen LogP contribution in [0.2, 0.25) is 51.4 Å². The Hall–Kier alpha value is -3.86. The third kappa shape index (κ3) is 9.87. The van der Waals surface area contributed by atoms with Crippen molar-refractivity contribution in [3.8, 4) is 16.9 Å². The zero-order valence-electron chi connectivity index (χ0n) is 33.7. The molecule has 0 saturated carbocycles. The van der Waals surface area contributed by atoms with E-state index >= 15 is 0 Å². The molecule has 2 saturated heterocycles. The van der Waals surface area contributed by atoms with Crippen molar-refractivity contribution in [3.05, 3.63) is 71.0 Å². The number of fused-ring (bicyclic) bond motifs is 3. The summed E-state index contributed by atoms with van der Waals surface area (Å²) in [6.07, 6.45) is 8.64. The highest BCUT2D eigenvalue weighted by Crippen LogP contribution is 2.44. The van der Waals surface area contributed by atoms with Gasteiger partial charge in [-0.15, -0.1) is 0 Å². The van der Waals surface area contributed by atoms with Crippen LogP contribution in [0.1, 0.15) is 58.1 Å². The summed E-state index contributed by atoms with van der Waals surface area (Å²) in [5.74, 6) is 1.53. The van der Waals surface area contributed by atoms with Crippen molar-refractivity contribution in [2.45, 2.75) is 121 Å². The molecule has 0 N–H and O–H groups in total. The Balaban J connectivity index is 1.37. The molecular formula is C40H59N7O5Si2. The first-order valence-corrected chi connectivity index (χ1v) is 26.8. The van der Waals surface area contributed by atoms with Gasteiger partial charge in [0.15, 0.2) is 5.65 Å². The second-order valence-corrected chi connectivity index (χ2v) is 29.6. The van der Waals surface area contributed by atoms with Crippen molar-refractivity contribution in [2.75, 3.05) is 31.6 Å². The van der Waals surface area contributed by atoms with E-state index in [-0.39, 0.29) is 29.7 Å². The third-order valence-electron chi connectivity index (χ3n) is 10.2. The van der Waals surface area contributed by atoms with Crippen LogP contribution in [0.3, 0.4) is 0 Å². The molecule has 1 amide bonds. The number of carbonyl (C=O) groups excluding carboxylic acids is 1. The van der Waals surface area contributed by atoms with Crippen LogP contribution in [-0.4, -0.2) is 95.7 Å². The molecule has 54 heavy (non-hydrogen) atoms. The van der Waals surface area contributed by atoms with Crippen LogP contribution in [0.15, 0.2) is 59.8 Å². The van der Waals surface area contributed by atoms with Gasteiger partial charge in [0.25, 0.3) is 5.56 Å². The van der Waals surface area contributed by atoms with Crippen molar-refractivity contribution in [2.24, 2.45) is 0 Å². The Labute approximate surface area is 321 Å². The lowest BCUT2D eigenvalue weighted by Crippen LogP contribution is -2.48. The second-order valence-electron chi connectivity index (χ2n) is 18.3. The molecule has 292 valence electrons. The fraction of sp³-hybridized carbons (Fsp3) is 0.575. The van der Waals surface area contributed by atoms with Gasteiger partial charge in [-0.05, 0) is 76.7 Å². The van der Waals surface area contributed by atoms with Crippen LogP contribution in [-0.2, 0) is 14.2 Å². The average Bonchev–Trinajstić information content (AvgIpc) is 3.63. The molecule has 4 aromatic heterocycles. The molecule has 6 rings (SSSR count). The Morgan fingerprint density at radius 1 is 0.907 bits per heavy atom. The number of hydrogen-bond donors (Lipinski definition) is 0. The molecule has 0 spiro atoms. The fourth-order valence-electron chi connectivity index (χ4n) is 7.21.